The minimum absolute atomic E-state index is 0.0473. The molecular formula is C17H24N2O3. The standard InChI is InChI=1S/C17H24N2O3/c1-13(2)6-8-17(12-20)7-4-10-19(11-17)16(22)14-5-3-9-18-15(14)21/h3,5-6,9,20H,4,7-8,10-12H2,1-2H3,(H,18,21). The van der Waals surface area contributed by atoms with E-state index in [1.54, 1.807) is 17.0 Å². The second kappa shape index (κ2) is 6.92. The number of carbonyl (C=O) groups is 1. The number of pyridine rings is 1. The molecule has 1 aromatic rings. The van der Waals surface area contributed by atoms with Gasteiger partial charge in [0.25, 0.3) is 11.5 Å². The van der Waals surface area contributed by atoms with Crippen LogP contribution in [0.3, 0.4) is 0 Å². The van der Waals surface area contributed by atoms with Gasteiger partial charge in [-0.25, -0.2) is 0 Å². The van der Waals surface area contributed by atoms with E-state index >= 15 is 0 Å². The van der Waals surface area contributed by atoms with Gasteiger partial charge in [-0.1, -0.05) is 11.6 Å². The van der Waals surface area contributed by atoms with Crippen molar-refractivity contribution in [2.45, 2.75) is 33.1 Å². The number of aliphatic hydroxyl groups is 1. The number of hydrogen-bond donors (Lipinski definition) is 2. The zero-order valence-corrected chi connectivity index (χ0v) is 13.3. The lowest BCUT2D eigenvalue weighted by molar-refractivity contribution is 0.0283. The molecule has 5 nitrogen and oxygen atoms in total. The van der Waals surface area contributed by atoms with Gasteiger partial charge in [-0.15, -0.1) is 0 Å². The number of allylic oxidation sites excluding steroid dienone is 2. The van der Waals surface area contributed by atoms with Crippen LogP contribution in [0.5, 0.6) is 0 Å². The van der Waals surface area contributed by atoms with Crippen molar-refractivity contribution in [1.29, 1.82) is 0 Å². The van der Waals surface area contributed by atoms with Gasteiger partial charge < -0.3 is 15.0 Å². The van der Waals surface area contributed by atoms with Crippen LogP contribution in [-0.2, 0) is 0 Å². The summed E-state index contributed by atoms with van der Waals surface area (Å²) in [5.41, 5.74) is 0.707. The summed E-state index contributed by atoms with van der Waals surface area (Å²) in [6, 6.07) is 3.20. The summed E-state index contributed by atoms with van der Waals surface area (Å²) < 4.78 is 0. The normalized spacial score (nSPS) is 21.5. The average molecular weight is 304 g/mol. The Kier molecular flexibility index (Phi) is 5.19. The van der Waals surface area contributed by atoms with Gasteiger partial charge in [0.05, 0.1) is 6.61 Å². The minimum atomic E-state index is -0.364. The van der Waals surface area contributed by atoms with Crippen molar-refractivity contribution >= 4 is 5.91 Å². The first-order valence-corrected chi connectivity index (χ1v) is 7.69. The molecule has 1 amide bonds. The minimum Gasteiger partial charge on any atom is -0.396 e. The largest absolute Gasteiger partial charge is 0.396 e. The topological polar surface area (TPSA) is 73.4 Å². The van der Waals surface area contributed by atoms with Crippen molar-refractivity contribution in [3.63, 3.8) is 0 Å². The Balaban J connectivity index is 2.19. The molecule has 0 radical (unpaired) electrons. The van der Waals surface area contributed by atoms with Gasteiger partial charge >= 0.3 is 0 Å². The Bertz CT molecular complexity index is 616. The SMILES string of the molecule is CC(C)=CCC1(CO)CCCN(C(=O)c2ccc[nH]c2=O)C1. The second-order valence-electron chi connectivity index (χ2n) is 6.39. The van der Waals surface area contributed by atoms with Crippen LogP contribution in [0.15, 0.2) is 34.8 Å². The zero-order valence-electron chi connectivity index (χ0n) is 13.3. The molecule has 2 N–H and O–H groups in total. The number of rotatable bonds is 4. The highest BCUT2D eigenvalue weighted by Crippen LogP contribution is 2.34. The molecule has 1 aromatic heterocycles. The van der Waals surface area contributed by atoms with Crippen molar-refractivity contribution in [3.8, 4) is 0 Å². The van der Waals surface area contributed by atoms with Crippen LogP contribution in [0.2, 0.25) is 0 Å². The Morgan fingerprint density at radius 1 is 1.50 bits per heavy atom. The number of likely N-dealkylation sites (tertiary alicyclic amines) is 1. The average Bonchev–Trinajstić information content (AvgIpc) is 2.53. The van der Waals surface area contributed by atoms with Crippen molar-refractivity contribution in [2.75, 3.05) is 19.7 Å². The summed E-state index contributed by atoms with van der Waals surface area (Å²) in [5, 5.41) is 9.84. The molecule has 1 fully saturated rings. The molecule has 0 bridgehead atoms. The maximum Gasteiger partial charge on any atom is 0.260 e. The van der Waals surface area contributed by atoms with Crippen molar-refractivity contribution < 1.29 is 9.90 Å². The number of aromatic nitrogens is 1. The summed E-state index contributed by atoms with van der Waals surface area (Å²) in [6.45, 7) is 5.22. The molecule has 1 aliphatic rings. The first-order valence-electron chi connectivity index (χ1n) is 7.69. The summed E-state index contributed by atoms with van der Waals surface area (Å²) in [6.07, 6.45) is 6.11. The van der Waals surface area contributed by atoms with E-state index in [9.17, 15) is 14.7 Å². The van der Waals surface area contributed by atoms with Crippen LogP contribution in [0.1, 0.15) is 43.5 Å². The summed E-state index contributed by atoms with van der Waals surface area (Å²) >= 11 is 0. The molecule has 1 unspecified atom stereocenters. The lowest BCUT2D eigenvalue weighted by Crippen LogP contribution is -2.48. The van der Waals surface area contributed by atoms with E-state index in [2.05, 4.69) is 11.1 Å². The van der Waals surface area contributed by atoms with Gasteiger partial charge in [-0.2, -0.15) is 0 Å². The molecule has 5 heteroatoms. The van der Waals surface area contributed by atoms with Gasteiger partial charge in [0, 0.05) is 24.7 Å². The van der Waals surface area contributed by atoms with E-state index < -0.39 is 0 Å². The highest BCUT2D eigenvalue weighted by Gasteiger charge is 2.36. The Labute approximate surface area is 130 Å². The van der Waals surface area contributed by atoms with Gasteiger partial charge in [0.2, 0.25) is 0 Å². The van der Waals surface area contributed by atoms with Crippen LogP contribution in [0, 0.1) is 5.41 Å². The molecule has 2 heterocycles. The van der Waals surface area contributed by atoms with E-state index in [0.29, 0.717) is 13.1 Å². The Hall–Kier alpha value is -1.88. The molecule has 0 aliphatic carbocycles. The van der Waals surface area contributed by atoms with Gasteiger partial charge in [-0.3, -0.25) is 9.59 Å². The van der Waals surface area contributed by atoms with E-state index in [1.807, 2.05) is 13.8 Å². The van der Waals surface area contributed by atoms with E-state index in [-0.39, 0.29) is 29.1 Å². The van der Waals surface area contributed by atoms with Crippen molar-refractivity contribution in [3.05, 3.63) is 45.9 Å². The van der Waals surface area contributed by atoms with Crippen LogP contribution in [-0.4, -0.2) is 40.6 Å². The van der Waals surface area contributed by atoms with Crippen molar-refractivity contribution in [1.82, 2.24) is 9.88 Å². The van der Waals surface area contributed by atoms with Gasteiger partial charge in [-0.05, 0) is 45.2 Å². The number of nitrogens with one attached hydrogen (secondary N) is 1. The van der Waals surface area contributed by atoms with Gasteiger partial charge in [0.15, 0.2) is 0 Å². The Morgan fingerprint density at radius 3 is 2.91 bits per heavy atom. The van der Waals surface area contributed by atoms with Crippen LogP contribution >= 0.6 is 0 Å². The quantitative estimate of drug-likeness (QED) is 0.835. The highest BCUT2D eigenvalue weighted by molar-refractivity contribution is 5.93. The molecule has 0 saturated carbocycles. The van der Waals surface area contributed by atoms with Gasteiger partial charge in [0.1, 0.15) is 5.56 Å². The molecule has 1 saturated heterocycles. The smallest absolute Gasteiger partial charge is 0.260 e. The number of carbonyl (C=O) groups excluding carboxylic acids is 1. The third-order valence-electron chi connectivity index (χ3n) is 4.28. The van der Waals surface area contributed by atoms with E-state index in [1.165, 1.54) is 11.8 Å². The summed E-state index contributed by atoms with van der Waals surface area (Å²) in [5.74, 6) is -0.253. The summed E-state index contributed by atoms with van der Waals surface area (Å²) in [4.78, 5) is 28.6. The summed E-state index contributed by atoms with van der Waals surface area (Å²) in [7, 11) is 0. The van der Waals surface area contributed by atoms with Crippen LogP contribution in [0.25, 0.3) is 0 Å². The number of nitrogens with zero attached hydrogens (tertiary/aromatic N) is 1. The lowest BCUT2D eigenvalue weighted by atomic mass is 9.77. The third-order valence-corrected chi connectivity index (χ3v) is 4.28. The number of aliphatic hydroxyl groups excluding tert-OH is 1. The van der Waals surface area contributed by atoms with Crippen molar-refractivity contribution in [2.24, 2.45) is 5.41 Å². The number of aromatic amines is 1. The maximum absolute atomic E-state index is 12.6. The predicted molar refractivity (Wildman–Crippen MR) is 85.8 cm³/mol. The lowest BCUT2D eigenvalue weighted by Gasteiger charge is -2.41. The first-order chi connectivity index (χ1) is 10.5. The van der Waals surface area contributed by atoms with Crippen LogP contribution in [0.4, 0.5) is 0 Å². The first kappa shape index (κ1) is 16.5. The molecular weight excluding hydrogens is 280 g/mol. The monoisotopic (exact) mass is 304 g/mol. The fourth-order valence-corrected chi connectivity index (χ4v) is 2.92. The highest BCUT2D eigenvalue weighted by atomic mass is 16.3. The molecule has 22 heavy (non-hydrogen) atoms. The molecule has 1 aliphatic heterocycles. The molecule has 0 aromatic carbocycles. The Morgan fingerprint density at radius 2 is 2.27 bits per heavy atom. The fraction of sp³-hybridized carbons (Fsp3) is 0.529. The number of hydrogen-bond acceptors (Lipinski definition) is 3. The number of amides is 1. The van der Waals surface area contributed by atoms with Crippen LogP contribution < -0.4 is 5.56 Å². The molecule has 2 rings (SSSR count). The fourth-order valence-electron chi connectivity index (χ4n) is 2.92. The van der Waals surface area contributed by atoms with E-state index in [4.69, 9.17) is 0 Å². The maximum atomic E-state index is 12.6. The number of H-pyrrole nitrogens is 1. The molecule has 120 valence electrons. The number of piperidine rings is 1. The molecule has 0 spiro atoms. The van der Waals surface area contributed by atoms with E-state index in [0.717, 1.165) is 19.3 Å². The molecule has 1 atom stereocenters. The second-order valence-corrected chi connectivity index (χ2v) is 6.39. The zero-order chi connectivity index (χ0) is 16.2. The predicted octanol–water partition coefficient (Wildman–Crippen LogP) is 1.95. The third kappa shape index (κ3) is 3.65.